The molecule has 0 aliphatic carbocycles. The van der Waals surface area contributed by atoms with E-state index < -0.39 is 0 Å². The summed E-state index contributed by atoms with van der Waals surface area (Å²) in [7, 11) is 0. The zero-order valence-electron chi connectivity index (χ0n) is 10.0. The van der Waals surface area contributed by atoms with E-state index in [9.17, 15) is 0 Å². The van der Waals surface area contributed by atoms with Crippen molar-refractivity contribution < 1.29 is 0 Å². The molecular weight excluding hydrogens is 294 g/mol. The average molecular weight is 310 g/mol. The Kier molecular flexibility index (Phi) is 4.37. The Morgan fingerprint density at radius 2 is 2.12 bits per heavy atom. The van der Waals surface area contributed by atoms with E-state index in [1.807, 2.05) is 0 Å². The summed E-state index contributed by atoms with van der Waals surface area (Å²) < 4.78 is 1.13. The highest BCUT2D eigenvalue weighted by Crippen LogP contribution is 2.27. The van der Waals surface area contributed by atoms with Gasteiger partial charge in [-0.25, -0.2) is 0 Å². The number of halogens is 1. The Morgan fingerprint density at radius 3 is 2.71 bits per heavy atom. The van der Waals surface area contributed by atoms with Crippen LogP contribution in [-0.4, -0.2) is 6.54 Å². The summed E-state index contributed by atoms with van der Waals surface area (Å²) in [5.41, 5.74) is 2.66. The molecule has 1 nitrogen and oxygen atoms in total. The number of aryl methyl sites for hydroxylation is 1. The zero-order valence-corrected chi connectivity index (χ0v) is 12.4. The van der Waals surface area contributed by atoms with Crippen LogP contribution in [0.2, 0.25) is 0 Å². The fourth-order valence-corrected chi connectivity index (χ4v) is 3.08. The fourth-order valence-electron chi connectivity index (χ4n) is 1.93. The molecule has 0 amide bonds. The van der Waals surface area contributed by atoms with Gasteiger partial charge in [0.1, 0.15) is 0 Å². The lowest BCUT2D eigenvalue weighted by molar-refractivity contribution is 0.632. The van der Waals surface area contributed by atoms with Crippen LogP contribution in [0.4, 0.5) is 0 Å². The van der Waals surface area contributed by atoms with Gasteiger partial charge in [-0.2, -0.15) is 0 Å². The Labute approximate surface area is 115 Å². The topological polar surface area (TPSA) is 12.0 Å². The van der Waals surface area contributed by atoms with Gasteiger partial charge in [0, 0.05) is 9.35 Å². The molecule has 0 saturated carbocycles. The Bertz CT molecular complexity index is 492. The number of benzene rings is 1. The monoisotopic (exact) mass is 309 g/mol. The van der Waals surface area contributed by atoms with Crippen LogP contribution in [-0.2, 0) is 0 Å². The minimum absolute atomic E-state index is 0.294. The molecule has 0 radical (unpaired) electrons. The second-order valence-electron chi connectivity index (χ2n) is 4.04. The molecular formula is C14H16BrNS. The number of hydrogen-bond acceptors (Lipinski definition) is 2. The Hall–Kier alpha value is -0.640. The van der Waals surface area contributed by atoms with Crippen LogP contribution in [0.1, 0.15) is 29.0 Å². The molecule has 1 aromatic heterocycles. The summed E-state index contributed by atoms with van der Waals surface area (Å²) in [5, 5.41) is 5.78. The number of rotatable bonds is 4. The quantitative estimate of drug-likeness (QED) is 0.875. The van der Waals surface area contributed by atoms with Crippen molar-refractivity contribution in [2.24, 2.45) is 0 Å². The fraction of sp³-hybridized carbons (Fsp3) is 0.286. The highest BCUT2D eigenvalue weighted by molar-refractivity contribution is 9.10. The molecule has 0 saturated heterocycles. The molecule has 90 valence electrons. The van der Waals surface area contributed by atoms with Crippen LogP contribution < -0.4 is 5.32 Å². The van der Waals surface area contributed by atoms with Crippen molar-refractivity contribution in [1.82, 2.24) is 5.32 Å². The van der Waals surface area contributed by atoms with E-state index in [0.29, 0.717) is 6.04 Å². The molecule has 3 heteroatoms. The van der Waals surface area contributed by atoms with E-state index in [1.54, 1.807) is 11.3 Å². The van der Waals surface area contributed by atoms with Gasteiger partial charge < -0.3 is 5.32 Å². The van der Waals surface area contributed by atoms with Crippen LogP contribution in [0.25, 0.3) is 0 Å². The van der Waals surface area contributed by atoms with Gasteiger partial charge >= 0.3 is 0 Å². The smallest absolute Gasteiger partial charge is 0.0585 e. The first-order chi connectivity index (χ1) is 8.20. The van der Waals surface area contributed by atoms with Crippen molar-refractivity contribution in [2.45, 2.75) is 19.9 Å². The van der Waals surface area contributed by atoms with Crippen LogP contribution in [0.5, 0.6) is 0 Å². The van der Waals surface area contributed by atoms with Gasteiger partial charge in [-0.1, -0.05) is 35.0 Å². The van der Waals surface area contributed by atoms with E-state index in [0.717, 1.165) is 11.0 Å². The lowest BCUT2D eigenvalue weighted by atomic mass is 10.0. The molecule has 2 rings (SSSR count). The molecule has 0 bridgehead atoms. The largest absolute Gasteiger partial charge is 0.307 e. The maximum absolute atomic E-state index is 3.54. The normalized spacial score (nSPS) is 12.6. The summed E-state index contributed by atoms with van der Waals surface area (Å²) in [5.74, 6) is 0. The van der Waals surface area contributed by atoms with Crippen LogP contribution in [0.15, 0.2) is 40.2 Å². The first-order valence-corrected chi connectivity index (χ1v) is 7.42. The summed E-state index contributed by atoms with van der Waals surface area (Å²) in [6, 6.07) is 11.1. The lowest BCUT2D eigenvalue weighted by Gasteiger charge is -2.17. The minimum Gasteiger partial charge on any atom is -0.307 e. The van der Waals surface area contributed by atoms with Crippen LogP contribution >= 0.6 is 27.3 Å². The third-order valence-electron chi connectivity index (χ3n) is 2.67. The van der Waals surface area contributed by atoms with Gasteiger partial charge in [-0.15, -0.1) is 11.3 Å². The van der Waals surface area contributed by atoms with Gasteiger partial charge in [0.2, 0.25) is 0 Å². The van der Waals surface area contributed by atoms with Crippen LogP contribution in [0, 0.1) is 6.92 Å². The first-order valence-electron chi connectivity index (χ1n) is 5.74. The lowest BCUT2D eigenvalue weighted by Crippen LogP contribution is -2.21. The molecule has 0 spiro atoms. The molecule has 0 aliphatic heterocycles. The van der Waals surface area contributed by atoms with Crippen LogP contribution in [0.3, 0.4) is 0 Å². The summed E-state index contributed by atoms with van der Waals surface area (Å²) in [6.45, 7) is 5.26. The summed E-state index contributed by atoms with van der Waals surface area (Å²) >= 11 is 5.34. The zero-order chi connectivity index (χ0) is 12.3. The second kappa shape index (κ2) is 5.80. The second-order valence-corrected chi connectivity index (χ2v) is 6.07. The summed E-state index contributed by atoms with van der Waals surface area (Å²) in [4.78, 5) is 1.36. The molecule has 1 heterocycles. The molecule has 0 fully saturated rings. The van der Waals surface area contributed by atoms with Crippen molar-refractivity contribution >= 4 is 27.3 Å². The Morgan fingerprint density at radius 1 is 1.29 bits per heavy atom. The summed E-state index contributed by atoms with van der Waals surface area (Å²) in [6.07, 6.45) is 0. The van der Waals surface area contributed by atoms with Gasteiger partial charge in [-0.05, 0) is 48.2 Å². The molecule has 17 heavy (non-hydrogen) atoms. The SMILES string of the molecule is CCNC(c1cccc(Br)c1)c1csc(C)c1. The van der Waals surface area contributed by atoms with E-state index in [4.69, 9.17) is 0 Å². The molecule has 1 atom stereocenters. The highest BCUT2D eigenvalue weighted by atomic mass is 79.9. The molecule has 1 unspecified atom stereocenters. The Balaban J connectivity index is 2.35. The first kappa shape index (κ1) is 12.8. The third-order valence-corrected chi connectivity index (χ3v) is 4.05. The number of nitrogens with one attached hydrogen (secondary N) is 1. The van der Waals surface area contributed by atoms with Gasteiger partial charge in [0.05, 0.1) is 6.04 Å². The van der Waals surface area contributed by atoms with Gasteiger partial charge in [0.25, 0.3) is 0 Å². The number of hydrogen-bond donors (Lipinski definition) is 1. The van der Waals surface area contributed by atoms with Crippen molar-refractivity contribution in [3.05, 3.63) is 56.2 Å². The predicted molar refractivity (Wildman–Crippen MR) is 78.7 cm³/mol. The number of thiophene rings is 1. The van der Waals surface area contributed by atoms with Crippen molar-refractivity contribution in [1.29, 1.82) is 0 Å². The van der Waals surface area contributed by atoms with Crippen molar-refractivity contribution in [3.63, 3.8) is 0 Å². The van der Waals surface area contributed by atoms with E-state index in [1.165, 1.54) is 16.0 Å². The molecule has 0 aliphatic rings. The van der Waals surface area contributed by atoms with Crippen molar-refractivity contribution in [3.8, 4) is 0 Å². The molecule has 2 aromatic rings. The molecule has 1 aromatic carbocycles. The van der Waals surface area contributed by atoms with Gasteiger partial charge in [0.15, 0.2) is 0 Å². The molecule has 1 N–H and O–H groups in total. The maximum atomic E-state index is 3.54. The average Bonchev–Trinajstić information content (AvgIpc) is 2.72. The van der Waals surface area contributed by atoms with E-state index >= 15 is 0 Å². The third kappa shape index (κ3) is 3.18. The standard InChI is InChI=1S/C14H16BrNS/c1-3-16-14(12-7-10(2)17-9-12)11-5-4-6-13(15)8-11/h4-9,14,16H,3H2,1-2H3. The predicted octanol–water partition coefficient (Wildman–Crippen LogP) is 4.52. The van der Waals surface area contributed by atoms with Crippen molar-refractivity contribution in [2.75, 3.05) is 6.54 Å². The van der Waals surface area contributed by atoms with E-state index in [-0.39, 0.29) is 0 Å². The van der Waals surface area contributed by atoms with Gasteiger partial charge in [-0.3, -0.25) is 0 Å². The minimum atomic E-state index is 0.294. The maximum Gasteiger partial charge on any atom is 0.0585 e. The van der Waals surface area contributed by atoms with E-state index in [2.05, 4.69) is 70.8 Å². The highest BCUT2D eigenvalue weighted by Gasteiger charge is 2.14.